The Morgan fingerprint density at radius 2 is 1.87 bits per heavy atom. The van der Waals surface area contributed by atoms with Crippen molar-refractivity contribution in [1.82, 2.24) is 4.31 Å². The number of hydrogen-bond donors (Lipinski definition) is 1. The third-order valence-electron chi connectivity index (χ3n) is 4.47. The second-order valence-corrected chi connectivity index (χ2v) is 8.41. The van der Waals surface area contributed by atoms with Gasteiger partial charge in [-0.3, -0.25) is 14.9 Å². The van der Waals surface area contributed by atoms with Crippen LogP contribution in [-0.4, -0.2) is 63.6 Å². The van der Waals surface area contributed by atoms with Gasteiger partial charge in [-0.1, -0.05) is 0 Å². The molecule has 1 saturated heterocycles. The summed E-state index contributed by atoms with van der Waals surface area (Å²) in [4.78, 5) is 22.8. The van der Waals surface area contributed by atoms with Crippen molar-refractivity contribution in [3.05, 3.63) is 52.6 Å². The van der Waals surface area contributed by atoms with Crippen molar-refractivity contribution in [1.29, 1.82) is 0 Å². The first-order chi connectivity index (χ1) is 14.8. The number of nitrogens with zero attached hydrogens (tertiary/aromatic N) is 2. The van der Waals surface area contributed by atoms with Crippen molar-refractivity contribution in [3.63, 3.8) is 0 Å². The minimum atomic E-state index is -3.63. The molecule has 1 fully saturated rings. The monoisotopic (exact) mass is 451 g/mol. The molecule has 0 unspecified atom stereocenters. The van der Waals surface area contributed by atoms with E-state index in [0.717, 1.165) is 0 Å². The van der Waals surface area contributed by atoms with Crippen molar-refractivity contribution < 1.29 is 32.3 Å². The predicted octanol–water partition coefficient (Wildman–Crippen LogP) is 1.64. The SMILES string of the molecule is COc1ccc(OCC(=O)Nc2ccc(S(=O)(=O)N3CCOCC3)cc2)c([N+](=O)[O-])c1. The van der Waals surface area contributed by atoms with E-state index in [4.69, 9.17) is 14.2 Å². The molecule has 2 aromatic carbocycles. The van der Waals surface area contributed by atoms with Gasteiger partial charge in [0.05, 0.1) is 36.2 Å². The van der Waals surface area contributed by atoms with Crippen LogP contribution in [-0.2, 0) is 19.6 Å². The molecule has 0 bridgehead atoms. The van der Waals surface area contributed by atoms with Gasteiger partial charge in [-0.05, 0) is 36.4 Å². The maximum Gasteiger partial charge on any atom is 0.314 e. The molecule has 3 rings (SSSR count). The van der Waals surface area contributed by atoms with Gasteiger partial charge in [0.15, 0.2) is 12.4 Å². The van der Waals surface area contributed by atoms with E-state index in [1.807, 2.05) is 0 Å². The number of ether oxygens (including phenoxy) is 3. The Hall–Kier alpha value is -3.22. The van der Waals surface area contributed by atoms with Crippen LogP contribution in [0.15, 0.2) is 47.4 Å². The van der Waals surface area contributed by atoms with Crippen LogP contribution in [0.3, 0.4) is 0 Å². The lowest BCUT2D eigenvalue weighted by atomic mass is 10.3. The number of rotatable bonds is 8. The summed E-state index contributed by atoms with van der Waals surface area (Å²) in [6.07, 6.45) is 0. The molecule has 0 spiro atoms. The van der Waals surface area contributed by atoms with E-state index >= 15 is 0 Å². The Morgan fingerprint density at radius 3 is 2.48 bits per heavy atom. The van der Waals surface area contributed by atoms with Gasteiger partial charge in [0.1, 0.15) is 5.75 Å². The zero-order valence-electron chi connectivity index (χ0n) is 16.6. The molecule has 0 aromatic heterocycles. The average molecular weight is 451 g/mol. The summed E-state index contributed by atoms with van der Waals surface area (Å²) >= 11 is 0. The lowest BCUT2D eigenvalue weighted by molar-refractivity contribution is -0.385. The van der Waals surface area contributed by atoms with E-state index in [1.54, 1.807) is 0 Å². The minimum Gasteiger partial charge on any atom is -0.496 e. The number of carbonyl (C=O) groups excluding carboxylic acids is 1. The van der Waals surface area contributed by atoms with Crippen molar-refractivity contribution in [3.8, 4) is 11.5 Å². The maximum absolute atomic E-state index is 12.6. The molecule has 12 heteroatoms. The highest BCUT2D eigenvalue weighted by atomic mass is 32.2. The van der Waals surface area contributed by atoms with E-state index in [2.05, 4.69) is 5.32 Å². The number of sulfonamides is 1. The van der Waals surface area contributed by atoms with Crippen LogP contribution in [0.2, 0.25) is 0 Å². The number of nitro groups is 1. The fraction of sp³-hybridized carbons (Fsp3) is 0.316. The molecule has 1 N–H and O–H groups in total. The summed E-state index contributed by atoms with van der Waals surface area (Å²) in [5, 5.41) is 13.7. The van der Waals surface area contributed by atoms with Gasteiger partial charge in [-0.2, -0.15) is 4.31 Å². The van der Waals surface area contributed by atoms with Gasteiger partial charge in [0, 0.05) is 18.8 Å². The number of carbonyl (C=O) groups is 1. The molecule has 0 aliphatic carbocycles. The fourth-order valence-electron chi connectivity index (χ4n) is 2.88. The molecule has 1 amide bonds. The summed E-state index contributed by atoms with van der Waals surface area (Å²) in [5.41, 5.74) is 0.0311. The molecular weight excluding hydrogens is 430 g/mol. The average Bonchev–Trinajstić information content (AvgIpc) is 2.78. The first-order valence-electron chi connectivity index (χ1n) is 9.24. The van der Waals surface area contributed by atoms with Crippen LogP contribution >= 0.6 is 0 Å². The van der Waals surface area contributed by atoms with Crippen LogP contribution in [0.1, 0.15) is 0 Å². The van der Waals surface area contributed by atoms with Crippen molar-refractivity contribution in [2.24, 2.45) is 0 Å². The first kappa shape index (κ1) is 22.5. The van der Waals surface area contributed by atoms with Gasteiger partial charge in [0.2, 0.25) is 10.0 Å². The standard InChI is InChI=1S/C19H21N3O8S/c1-28-15-4-7-18(17(12-15)22(24)25)30-13-19(23)20-14-2-5-16(6-3-14)31(26,27)21-8-10-29-11-9-21/h2-7,12H,8-11,13H2,1H3,(H,20,23). The Balaban J connectivity index is 1.61. The highest BCUT2D eigenvalue weighted by molar-refractivity contribution is 7.89. The van der Waals surface area contributed by atoms with E-state index < -0.39 is 27.5 Å². The number of amides is 1. The molecule has 1 aliphatic heterocycles. The molecule has 1 heterocycles. The Kier molecular flexibility index (Phi) is 7.05. The van der Waals surface area contributed by atoms with E-state index in [9.17, 15) is 23.3 Å². The van der Waals surface area contributed by atoms with Crippen molar-refractivity contribution in [2.45, 2.75) is 4.90 Å². The highest BCUT2D eigenvalue weighted by Crippen LogP contribution is 2.31. The van der Waals surface area contributed by atoms with E-state index in [-0.39, 0.29) is 35.2 Å². The number of anilines is 1. The first-order valence-corrected chi connectivity index (χ1v) is 10.7. The smallest absolute Gasteiger partial charge is 0.314 e. The molecule has 31 heavy (non-hydrogen) atoms. The van der Waals surface area contributed by atoms with E-state index in [1.165, 1.54) is 53.9 Å². The number of methoxy groups -OCH3 is 1. The normalized spacial score (nSPS) is 14.6. The van der Waals surface area contributed by atoms with Gasteiger partial charge in [0.25, 0.3) is 5.91 Å². The van der Waals surface area contributed by atoms with Crippen LogP contribution in [0, 0.1) is 10.1 Å². The number of nitro benzene ring substituents is 1. The number of benzene rings is 2. The van der Waals surface area contributed by atoms with E-state index in [0.29, 0.717) is 18.9 Å². The zero-order valence-corrected chi connectivity index (χ0v) is 17.5. The molecule has 0 saturated carbocycles. The van der Waals surface area contributed by atoms with Gasteiger partial charge < -0.3 is 19.5 Å². The van der Waals surface area contributed by atoms with Crippen LogP contribution < -0.4 is 14.8 Å². The largest absolute Gasteiger partial charge is 0.496 e. The third-order valence-corrected chi connectivity index (χ3v) is 6.38. The summed E-state index contributed by atoms with van der Waals surface area (Å²) < 4.78 is 42.0. The van der Waals surface area contributed by atoms with Gasteiger partial charge >= 0.3 is 5.69 Å². The summed E-state index contributed by atoms with van der Waals surface area (Å²) in [6, 6.07) is 9.73. The minimum absolute atomic E-state index is 0.0760. The van der Waals surface area contributed by atoms with Crippen molar-refractivity contribution >= 4 is 27.3 Å². The zero-order chi connectivity index (χ0) is 22.4. The second-order valence-electron chi connectivity index (χ2n) is 6.47. The molecule has 11 nitrogen and oxygen atoms in total. The maximum atomic E-state index is 12.6. The molecule has 166 valence electrons. The summed E-state index contributed by atoms with van der Waals surface area (Å²) in [6.45, 7) is 0.797. The summed E-state index contributed by atoms with van der Waals surface area (Å²) in [5.74, 6) is -0.350. The van der Waals surface area contributed by atoms with Crippen LogP contribution in [0.4, 0.5) is 11.4 Å². The molecule has 1 aliphatic rings. The van der Waals surface area contributed by atoms with Gasteiger partial charge in [-0.25, -0.2) is 8.42 Å². The predicted molar refractivity (Wildman–Crippen MR) is 110 cm³/mol. The van der Waals surface area contributed by atoms with Crippen molar-refractivity contribution in [2.75, 3.05) is 45.3 Å². The molecular formula is C19H21N3O8S. The lowest BCUT2D eigenvalue weighted by Gasteiger charge is -2.26. The summed E-state index contributed by atoms with van der Waals surface area (Å²) in [7, 11) is -2.25. The highest BCUT2D eigenvalue weighted by Gasteiger charge is 2.26. The lowest BCUT2D eigenvalue weighted by Crippen LogP contribution is -2.40. The Labute approximate surface area is 178 Å². The third kappa shape index (κ3) is 5.48. The Bertz CT molecular complexity index is 1050. The van der Waals surface area contributed by atoms with Crippen LogP contribution in [0.5, 0.6) is 11.5 Å². The number of morpholine rings is 1. The number of hydrogen-bond acceptors (Lipinski definition) is 8. The quantitative estimate of drug-likeness (QED) is 0.472. The topological polar surface area (TPSA) is 137 Å². The van der Waals surface area contributed by atoms with Gasteiger partial charge in [-0.15, -0.1) is 0 Å². The molecule has 2 aromatic rings. The molecule has 0 atom stereocenters. The van der Waals surface area contributed by atoms with Crippen LogP contribution in [0.25, 0.3) is 0 Å². The second kappa shape index (κ2) is 9.73. The fourth-order valence-corrected chi connectivity index (χ4v) is 4.28. The number of nitrogens with one attached hydrogen (secondary N) is 1. The molecule has 0 radical (unpaired) electrons. The Morgan fingerprint density at radius 1 is 1.19 bits per heavy atom.